The van der Waals surface area contributed by atoms with Crippen molar-refractivity contribution in [2.75, 3.05) is 6.61 Å². The largest absolute Gasteiger partial charge is 0.373 e. The molecule has 100 valence electrons. The Labute approximate surface area is 109 Å². The van der Waals surface area contributed by atoms with E-state index in [-0.39, 0.29) is 12.3 Å². The summed E-state index contributed by atoms with van der Waals surface area (Å²) in [5.41, 5.74) is 3.06. The van der Waals surface area contributed by atoms with E-state index < -0.39 is 5.91 Å². The van der Waals surface area contributed by atoms with Crippen molar-refractivity contribution < 1.29 is 14.1 Å². The lowest BCUT2D eigenvalue weighted by Crippen LogP contribution is -2.30. The van der Waals surface area contributed by atoms with Crippen LogP contribution in [-0.2, 0) is 17.8 Å². The maximum Gasteiger partial charge on any atom is 0.287 e. The van der Waals surface area contributed by atoms with E-state index in [1.807, 2.05) is 23.6 Å². The summed E-state index contributed by atoms with van der Waals surface area (Å²) in [7, 11) is 0. The number of hydrogen-bond acceptors (Lipinski definition) is 6. The molecular weight excluding hydrogens is 248 g/mol. The van der Waals surface area contributed by atoms with Crippen LogP contribution < -0.4 is 11.3 Å². The first kappa shape index (κ1) is 13.2. The van der Waals surface area contributed by atoms with Crippen LogP contribution in [0.5, 0.6) is 0 Å². The molecular formula is C12H14N4O3. The number of nitrogen functional groups attached to an aromatic ring is 1. The van der Waals surface area contributed by atoms with E-state index in [1.54, 1.807) is 6.20 Å². The summed E-state index contributed by atoms with van der Waals surface area (Å²) in [5.74, 6) is 4.96. The Kier molecular flexibility index (Phi) is 4.60. The second kappa shape index (κ2) is 6.62. The summed E-state index contributed by atoms with van der Waals surface area (Å²) >= 11 is 0. The fraction of sp³-hybridized carbons (Fsp3) is 0.250. The number of amides is 1. The smallest absolute Gasteiger partial charge is 0.287 e. The molecule has 2 heterocycles. The molecule has 0 unspecified atom stereocenters. The number of ether oxygens (including phenoxy) is 1. The highest BCUT2D eigenvalue weighted by Crippen LogP contribution is 2.05. The van der Waals surface area contributed by atoms with Gasteiger partial charge in [-0.25, -0.2) is 5.84 Å². The maximum atomic E-state index is 11.1. The van der Waals surface area contributed by atoms with Crippen LogP contribution in [0, 0.1) is 0 Å². The molecule has 2 aromatic rings. The van der Waals surface area contributed by atoms with E-state index >= 15 is 0 Å². The summed E-state index contributed by atoms with van der Waals surface area (Å²) < 4.78 is 10.3. The van der Waals surface area contributed by atoms with Crippen molar-refractivity contribution in [1.82, 2.24) is 15.6 Å². The number of nitrogens with two attached hydrogens (primary N) is 1. The Morgan fingerprint density at radius 2 is 2.37 bits per heavy atom. The highest BCUT2D eigenvalue weighted by molar-refractivity contribution is 5.91. The number of hydrogen-bond donors (Lipinski definition) is 2. The number of aromatic nitrogens is 2. The molecule has 7 nitrogen and oxygen atoms in total. The lowest BCUT2D eigenvalue weighted by Gasteiger charge is -2.00. The van der Waals surface area contributed by atoms with Crippen molar-refractivity contribution in [2.45, 2.75) is 13.0 Å². The van der Waals surface area contributed by atoms with Crippen LogP contribution in [0.25, 0.3) is 0 Å². The fourth-order valence-corrected chi connectivity index (χ4v) is 1.46. The molecule has 0 aromatic carbocycles. The molecule has 0 aliphatic carbocycles. The molecule has 3 N–H and O–H groups in total. The van der Waals surface area contributed by atoms with Gasteiger partial charge in [0.05, 0.1) is 6.61 Å². The van der Waals surface area contributed by atoms with Crippen molar-refractivity contribution in [3.63, 3.8) is 0 Å². The average molecular weight is 262 g/mol. The van der Waals surface area contributed by atoms with Crippen LogP contribution in [0.4, 0.5) is 0 Å². The SMILES string of the molecule is NNC(=O)c1cc(COCCc2ccccn2)on1. The van der Waals surface area contributed by atoms with Gasteiger partial charge in [-0.15, -0.1) is 0 Å². The van der Waals surface area contributed by atoms with Crippen LogP contribution in [0.3, 0.4) is 0 Å². The molecule has 0 aliphatic heterocycles. The number of hydrazine groups is 1. The van der Waals surface area contributed by atoms with Gasteiger partial charge in [0.2, 0.25) is 0 Å². The highest BCUT2D eigenvalue weighted by Gasteiger charge is 2.10. The maximum absolute atomic E-state index is 11.1. The van der Waals surface area contributed by atoms with Crippen molar-refractivity contribution in [2.24, 2.45) is 5.84 Å². The molecule has 19 heavy (non-hydrogen) atoms. The molecule has 0 saturated heterocycles. The molecule has 0 aliphatic rings. The Bertz CT molecular complexity index is 527. The highest BCUT2D eigenvalue weighted by atomic mass is 16.5. The van der Waals surface area contributed by atoms with Crippen LogP contribution in [-0.4, -0.2) is 22.7 Å². The van der Waals surface area contributed by atoms with Gasteiger partial charge in [0.25, 0.3) is 5.91 Å². The van der Waals surface area contributed by atoms with E-state index in [9.17, 15) is 4.79 Å². The van der Waals surface area contributed by atoms with Gasteiger partial charge in [-0.05, 0) is 12.1 Å². The van der Waals surface area contributed by atoms with Gasteiger partial charge in [0, 0.05) is 24.4 Å². The summed E-state index contributed by atoms with van der Waals surface area (Å²) in [6, 6.07) is 7.21. The molecule has 0 saturated carbocycles. The minimum atomic E-state index is -0.497. The molecule has 0 radical (unpaired) electrons. The van der Waals surface area contributed by atoms with Crippen molar-refractivity contribution >= 4 is 5.91 Å². The topological polar surface area (TPSA) is 103 Å². The van der Waals surface area contributed by atoms with E-state index in [0.29, 0.717) is 18.8 Å². The van der Waals surface area contributed by atoms with E-state index in [1.165, 1.54) is 6.07 Å². The molecule has 2 aromatic heterocycles. The summed E-state index contributed by atoms with van der Waals surface area (Å²) in [6.07, 6.45) is 2.45. The van der Waals surface area contributed by atoms with Gasteiger partial charge in [0.1, 0.15) is 6.61 Å². The molecule has 7 heteroatoms. The lowest BCUT2D eigenvalue weighted by molar-refractivity contribution is 0.0939. The van der Waals surface area contributed by atoms with Crippen LogP contribution in [0.1, 0.15) is 21.9 Å². The second-order valence-corrected chi connectivity index (χ2v) is 3.78. The molecule has 1 amide bonds. The zero-order chi connectivity index (χ0) is 13.5. The van der Waals surface area contributed by atoms with Crippen molar-refractivity contribution in [1.29, 1.82) is 0 Å². The third-order valence-corrected chi connectivity index (χ3v) is 2.40. The van der Waals surface area contributed by atoms with E-state index in [0.717, 1.165) is 5.69 Å². The van der Waals surface area contributed by atoms with Gasteiger partial charge < -0.3 is 9.26 Å². The first-order valence-electron chi connectivity index (χ1n) is 5.74. The number of pyridine rings is 1. The van der Waals surface area contributed by atoms with Crippen LogP contribution in [0.15, 0.2) is 35.0 Å². The molecule has 0 atom stereocenters. The van der Waals surface area contributed by atoms with Crippen LogP contribution >= 0.6 is 0 Å². The Morgan fingerprint density at radius 3 is 3.11 bits per heavy atom. The number of nitrogens with zero attached hydrogens (tertiary/aromatic N) is 2. The van der Waals surface area contributed by atoms with Gasteiger partial charge in [0.15, 0.2) is 11.5 Å². The third kappa shape index (κ3) is 3.87. The summed E-state index contributed by atoms with van der Waals surface area (Å²) in [6.45, 7) is 0.758. The summed E-state index contributed by atoms with van der Waals surface area (Å²) in [4.78, 5) is 15.3. The standard InChI is InChI=1S/C12H14N4O3/c13-15-12(17)11-7-10(19-16-11)8-18-6-4-9-3-1-2-5-14-9/h1-3,5,7H,4,6,8,13H2,(H,15,17). The Hall–Kier alpha value is -2.25. The summed E-state index contributed by atoms with van der Waals surface area (Å²) in [5, 5.41) is 3.56. The first-order chi connectivity index (χ1) is 9.29. The third-order valence-electron chi connectivity index (χ3n) is 2.40. The number of nitrogens with one attached hydrogen (secondary N) is 1. The van der Waals surface area contributed by atoms with Gasteiger partial charge >= 0.3 is 0 Å². The Balaban J connectivity index is 1.74. The van der Waals surface area contributed by atoms with Crippen molar-refractivity contribution in [3.05, 3.63) is 47.6 Å². The zero-order valence-electron chi connectivity index (χ0n) is 10.2. The minimum absolute atomic E-state index is 0.130. The van der Waals surface area contributed by atoms with Crippen molar-refractivity contribution in [3.8, 4) is 0 Å². The van der Waals surface area contributed by atoms with Gasteiger partial charge in [-0.1, -0.05) is 11.2 Å². The van der Waals surface area contributed by atoms with Gasteiger partial charge in [-0.2, -0.15) is 0 Å². The molecule has 0 fully saturated rings. The van der Waals surface area contributed by atoms with E-state index in [4.69, 9.17) is 15.1 Å². The fourth-order valence-electron chi connectivity index (χ4n) is 1.46. The van der Waals surface area contributed by atoms with Crippen LogP contribution in [0.2, 0.25) is 0 Å². The average Bonchev–Trinajstić information content (AvgIpc) is 2.93. The lowest BCUT2D eigenvalue weighted by atomic mass is 10.3. The minimum Gasteiger partial charge on any atom is -0.373 e. The van der Waals surface area contributed by atoms with Gasteiger partial charge in [-0.3, -0.25) is 15.2 Å². The zero-order valence-corrected chi connectivity index (χ0v) is 10.2. The quantitative estimate of drug-likeness (QED) is 0.339. The molecule has 0 bridgehead atoms. The predicted octanol–water partition coefficient (Wildman–Crippen LogP) is 0.432. The van der Waals surface area contributed by atoms with E-state index in [2.05, 4.69) is 10.1 Å². The predicted molar refractivity (Wildman–Crippen MR) is 65.8 cm³/mol. The molecule has 0 spiro atoms. The number of carbonyl (C=O) groups excluding carboxylic acids is 1. The molecule has 2 rings (SSSR count). The normalized spacial score (nSPS) is 10.4. The first-order valence-corrected chi connectivity index (χ1v) is 5.74. The number of rotatable bonds is 6. The second-order valence-electron chi connectivity index (χ2n) is 3.78. The monoisotopic (exact) mass is 262 g/mol. The Morgan fingerprint density at radius 1 is 1.47 bits per heavy atom. The number of carbonyl (C=O) groups is 1.